The average Bonchev–Trinajstić information content (AvgIpc) is 2.99. The fraction of sp³-hybridized carbons (Fsp3) is 0.235. The molecule has 0 aliphatic heterocycles. The molecule has 0 saturated carbocycles. The monoisotopic (exact) mass is 617 g/mol. The molecule has 2 amide bonds. The van der Waals surface area contributed by atoms with Gasteiger partial charge in [0.05, 0.1) is 10.6 Å². The number of hydrogen-bond acceptors (Lipinski definition) is 4. The standard InChI is InChI=1S/C34H36ClN3O4S/c1-4-36-34(40)32(22-27-13-7-5-8-14-27)37(23-28-15-11-12-25(2)20-28)33(39)24-38(31-19-18-29(35)21-26(31)3)43(41,42)30-16-9-6-10-17-30/h5-21,32H,4,22-24H2,1-3H3,(H,36,40)/t32-/m0/s1. The van der Waals surface area contributed by atoms with Crippen LogP contribution in [-0.2, 0) is 32.6 Å². The fourth-order valence-electron chi connectivity index (χ4n) is 4.98. The van der Waals surface area contributed by atoms with Crippen molar-refractivity contribution in [1.29, 1.82) is 0 Å². The molecule has 4 aromatic carbocycles. The van der Waals surface area contributed by atoms with Crippen LogP contribution in [0.4, 0.5) is 5.69 Å². The summed E-state index contributed by atoms with van der Waals surface area (Å²) in [5, 5.41) is 3.32. The van der Waals surface area contributed by atoms with Gasteiger partial charge >= 0.3 is 0 Å². The van der Waals surface area contributed by atoms with Crippen molar-refractivity contribution in [3.63, 3.8) is 0 Å². The maximum Gasteiger partial charge on any atom is 0.264 e. The molecule has 9 heteroatoms. The van der Waals surface area contributed by atoms with Gasteiger partial charge in [0.2, 0.25) is 11.8 Å². The lowest BCUT2D eigenvalue weighted by atomic mass is 10.0. The van der Waals surface area contributed by atoms with Crippen LogP contribution in [0.2, 0.25) is 5.02 Å². The van der Waals surface area contributed by atoms with E-state index in [2.05, 4.69) is 5.32 Å². The van der Waals surface area contributed by atoms with Crippen molar-refractivity contribution in [2.45, 2.75) is 44.7 Å². The molecule has 0 bridgehead atoms. The summed E-state index contributed by atoms with van der Waals surface area (Å²) in [5.74, 6) is -0.824. The fourth-order valence-corrected chi connectivity index (χ4v) is 6.71. The SMILES string of the molecule is CCNC(=O)[C@H](Cc1ccccc1)N(Cc1cccc(C)c1)C(=O)CN(c1ccc(Cl)cc1C)S(=O)(=O)c1ccccc1. The highest BCUT2D eigenvalue weighted by Gasteiger charge is 2.35. The minimum atomic E-state index is -4.17. The van der Waals surface area contributed by atoms with E-state index in [0.29, 0.717) is 22.8 Å². The first-order chi connectivity index (χ1) is 20.6. The van der Waals surface area contributed by atoms with Gasteiger partial charge in [-0.25, -0.2) is 8.42 Å². The predicted octanol–water partition coefficient (Wildman–Crippen LogP) is 5.93. The lowest BCUT2D eigenvalue weighted by Gasteiger charge is -2.34. The smallest absolute Gasteiger partial charge is 0.264 e. The molecule has 4 rings (SSSR count). The Bertz CT molecular complexity index is 1660. The van der Waals surface area contributed by atoms with E-state index in [9.17, 15) is 18.0 Å². The van der Waals surface area contributed by atoms with Gasteiger partial charge < -0.3 is 10.2 Å². The molecule has 0 aliphatic carbocycles. The number of hydrogen-bond donors (Lipinski definition) is 1. The number of sulfonamides is 1. The molecule has 0 fully saturated rings. The Balaban J connectivity index is 1.81. The molecule has 0 aliphatic rings. The quantitative estimate of drug-likeness (QED) is 0.214. The van der Waals surface area contributed by atoms with Crippen LogP contribution in [0.1, 0.15) is 29.2 Å². The van der Waals surface area contributed by atoms with Crippen molar-refractivity contribution in [2.24, 2.45) is 0 Å². The van der Waals surface area contributed by atoms with E-state index in [1.165, 1.54) is 17.0 Å². The van der Waals surface area contributed by atoms with E-state index >= 15 is 0 Å². The van der Waals surface area contributed by atoms with Gasteiger partial charge in [0.15, 0.2) is 0 Å². The molecule has 4 aromatic rings. The Hall–Kier alpha value is -4.14. The van der Waals surface area contributed by atoms with Gasteiger partial charge in [-0.1, -0.05) is 90.0 Å². The normalized spacial score (nSPS) is 11.9. The third-order valence-corrected chi connectivity index (χ3v) is 9.10. The Morgan fingerprint density at radius 2 is 1.49 bits per heavy atom. The molecule has 43 heavy (non-hydrogen) atoms. The number of aryl methyl sites for hydroxylation is 2. The van der Waals surface area contributed by atoms with Crippen molar-refractivity contribution < 1.29 is 18.0 Å². The van der Waals surface area contributed by atoms with Crippen LogP contribution >= 0.6 is 11.6 Å². The number of nitrogens with one attached hydrogen (secondary N) is 1. The summed E-state index contributed by atoms with van der Waals surface area (Å²) in [6.07, 6.45) is 0.260. The molecule has 7 nitrogen and oxygen atoms in total. The van der Waals surface area contributed by atoms with E-state index in [4.69, 9.17) is 11.6 Å². The number of amides is 2. The van der Waals surface area contributed by atoms with E-state index in [0.717, 1.165) is 21.0 Å². The maximum absolute atomic E-state index is 14.4. The number of nitrogens with zero attached hydrogens (tertiary/aromatic N) is 2. The first-order valence-electron chi connectivity index (χ1n) is 14.1. The zero-order valence-electron chi connectivity index (χ0n) is 24.5. The van der Waals surface area contributed by atoms with Crippen molar-refractivity contribution in [1.82, 2.24) is 10.2 Å². The maximum atomic E-state index is 14.4. The molecular weight excluding hydrogens is 582 g/mol. The lowest BCUT2D eigenvalue weighted by molar-refractivity contribution is -0.140. The molecule has 1 atom stereocenters. The first kappa shape index (κ1) is 31.8. The van der Waals surface area contributed by atoms with Crippen LogP contribution in [0.5, 0.6) is 0 Å². The number of benzene rings is 4. The van der Waals surface area contributed by atoms with Gasteiger partial charge in [0, 0.05) is 24.5 Å². The highest BCUT2D eigenvalue weighted by atomic mass is 35.5. The third kappa shape index (κ3) is 8.03. The van der Waals surface area contributed by atoms with Crippen molar-refractivity contribution >= 4 is 39.1 Å². The number of likely N-dealkylation sites (N-methyl/N-ethyl adjacent to an activating group) is 1. The highest BCUT2D eigenvalue weighted by molar-refractivity contribution is 7.92. The number of carbonyl (C=O) groups excluding carboxylic acids is 2. The molecule has 0 aromatic heterocycles. The number of anilines is 1. The number of rotatable bonds is 12. The van der Waals surface area contributed by atoms with Crippen molar-refractivity contribution in [3.8, 4) is 0 Å². The number of halogens is 1. The first-order valence-corrected chi connectivity index (χ1v) is 15.9. The topological polar surface area (TPSA) is 86.8 Å². The Labute approximate surface area is 259 Å². The van der Waals surface area contributed by atoms with Gasteiger partial charge in [-0.15, -0.1) is 0 Å². The molecule has 0 unspecified atom stereocenters. The van der Waals surface area contributed by atoms with Crippen molar-refractivity contribution in [3.05, 3.63) is 130 Å². The summed E-state index contributed by atoms with van der Waals surface area (Å²) in [6.45, 7) is 5.51. The molecule has 0 heterocycles. The van der Waals surface area contributed by atoms with Gasteiger partial charge in [-0.05, 0) is 67.8 Å². The Morgan fingerprint density at radius 1 is 0.837 bits per heavy atom. The van der Waals surface area contributed by atoms with Crippen LogP contribution in [0.25, 0.3) is 0 Å². The summed E-state index contributed by atoms with van der Waals surface area (Å²) in [4.78, 5) is 29.5. The summed E-state index contributed by atoms with van der Waals surface area (Å²) in [6, 6.07) is 29.1. The number of carbonyl (C=O) groups is 2. The third-order valence-electron chi connectivity index (χ3n) is 7.10. The molecule has 0 radical (unpaired) electrons. The van der Waals surface area contributed by atoms with Gasteiger partial charge in [0.25, 0.3) is 10.0 Å². The lowest BCUT2D eigenvalue weighted by Crippen LogP contribution is -2.53. The molecular formula is C34H36ClN3O4S. The van der Waals surface area contributed by atoms with Crippen LogP contribution in [0, 0.1) is 13.8 Å². The van der Waals surface area contributed by atoms with Crippen LogP contribution in [0.15, 0.2) is 108 Å². The zero-order valence-corrected chi connectivity index (χ0v) is 26.1. The predicted molar refractivity (Wildman–Crippen MR) is 172 cm³/mol. The van der Waals surface area contributed by atoms with Gasteiger partial charge in [0.1, 0.15) is 12.6 Å². The van der Waals surface area contributed by atoms with E-state index < -0.39 is 28.5 Å². The molecule has 1 N–H and O–H groups in total. The van der Waals surface area contributed by atoms with Gasteiger partial charge in [-0.2, -0.15) is 0 Å². The minimum absolute atomic E-state index is 0.0481. The molecule has 0 spiro atoms. The summed E-state index contributed by atoms with van der Waals surface area (Å²) in [7, 11) is -4.17. The second kappa shape index (κ2) is 14.4. The summed E-state index contributed by atoms with van der Waals surface area (Å²) < 4.78 is 29.3. The summed E-state index contributed by atoms with van der Waals surface area (Å²) in [5.41, 5.74) is 3.64. The van der Waals surface area contributed by atoms with E-state index in [1.54, 1.807) is 43.3 Å². The van der Waals surface area contributed by atoms with E-state index in [1.807, 2.05) is 68.4 Å². The minimum Gasteiger partial charge on any atom is -0.355 e. The Morgan fingerprint density at radius 3 is 2.12 bits per heavy atom. The van der Waals surface area contributed by atoms with Crippen LogP contribution < -0.4 is 9.62 Å². The molecule has 224 valence electrons. The summed E-state index contributed by atoms with van der Waals surface area (Å²) >= 11 is 6.21. The van der Waals surface area contributed by atoms with Crippen LogP contribution in [0.3, 0.4) is 0 Å². The van der Waals surface area contributed by atoms with Crippen molar-refractivity contribution in [2.75, 3.05) is 17.4 Å². The largest absolute Gasteiger partial charge is 0.355 e. The van der Waals surface area contributed by atoms with Gasteiger partial charge in [-0.3, -0.25) is 13.9 Å². The van der Waals surface area contributed by atoms with E-state index in [-0.39, 0.29) is 23.8 Å². The second-order valence-corrected chi connectivity index (χ2v) is 12.7. The second-order valence-electron chi connectivity index (χ2n) is 10.4. The Kier molecular flexibility index (Phi) is 10.6. The van der Waals surface area contributed by atoms with Crippen LogP contribution in [-0.4, -0.2) is 44.3 Å². The molecule has 0 saturated heterocycles. The highest BCUT2D eigenvalue weighted by Crippen LogP contribution is 2.29. The average molecular weight is 618 g/mol. The zero-order chi connectivity index (χ0) is 31.0.